The normalized spacial score (nSPS) is 11.1. The van der Waals surface area contributed by atoms with Crippen molar-refractivity contribution in [2.45, 2.75) is 26.7 Å². The van der Waals surface area contributed by atoms with Crippen LogP contribution in [0.25, 0.3) is 22.2 Å². The molecule has 0 saturated heterocycles. The number of carbonyl (C=O) groups excluding carboxylic acids is 1. The zero-order valence-corrected chi connectivity index (χ0v) is 16.0. The molecule has 2 N–H and O–H groups in total. The first-order chi connectivity index (χ1) is 13.6. The van der Waals surface area contributed by atoms with Gasteiger partial charge in [0.25, 0.3) is 5.91 Å². The summed E-state index contributed by atoms with van der Waals surface area (Å²) in [5.74, 6) is 0.734. The standard InChI is InChI=1S/C22H22N4O2/c1-14-17(15(2)28-26-14)7-5-11-23-22(27)16-9-10-21(24-12-16)19-13-25-20-8-4-3-6-18(19)20/h3-4,6,8-10,12-13,25H,5,7,11H2,1-2H3,(H,23,27). The second-order valence-electron chi connectivity index (χ2n) is 6.84. The van der Waals surface area contributed by atoms with Gasteiger partial charge in [0.15, 0.2) is 0 Å². The minimum Gasteiger partial charge on any atom is -0.361 e. The Kier molecular flexibility index (Phi) is 4.93. The number of carbonyl (C=O) groups is 1. The fourth-order valence-electron chi connectivity index (χ4n) is 3.40. The van der Waals surface area contributed by atoms with Crippen LogP contribution in [0.1, 0.15) is 33.8 Å². The van der Waals surface area contributed by atoms with E-state index in [1.807, 2.05) is 50.4 Å². The van der Waals surface area contributed by atoms with Gasteiger partial charge in [0.2, 0.25) is 0 Å². The van der Waals surface area contributed by atoms with E-state index in [-0.39, 0.29) is 5.91 Å². The molecule has 0 aliphatic rings. The number of para-hydroxylation sites is 1. The number of hydrogen-bond acceptors (Lipinski definition) is 4. The number of benzene rings is 1. The van der Waals surface area contributed by atoms with Crippen molar-refractivity contribution in [3.05, 3.63) is 71.4 Å². The topological polar surface area (TPSA) is 83.8 Å². The lowest BCUT2D eigenvalue weighted by Crippen LogP contribution is -2.24. The highest BCUT2D eigenvalue weighted by atomic mass is 16.5. The molecular formula is C22H22N4O2. The van der Waals surface area contributed by atoms with Crippen molar-refractivity contribution in [1.82, 2.24) is 20.4 Å². The van der Waals surface area contributed by atoms with Gasteiger partial charge in [-0.05, 0) is 44.9 Å². The van der Waals surface area contributed by atoms with Gasteiger partial charge in [0, 0.05) is 41.0 Å². The SMILES string of the molecule is Cc1noc(C)c1CCCNC(=O)c1ccc(-c2c[nH]c3ccccc23)nc1. The lowest BCUT2D eigenvalue weighted by molar-refractivity contribution is 0.0953. The van der Waals surface area contributed by atoms with Crippen LogP contribution in [-0.2, 0) is 6.42 Å². The Morgan fingerprint density at radius 2 is 2.04 bits per heavy atom. The first-order valence-electron chi connectivity index (χ1n) is 9.36. The van der Waals surface area contributed by atoms with Crippen LogP contribution >= 0.6 is 0 Å². The summed E-state index contributed by atoms with van der Waals surface area (Å²) >= 11 is 0. The highest BCUT2D eigenvalue weighted by molar-refractivity contribution is 5.96. The maximum absolute atomic E-state index is 12.4. The van der Waals surface area contributed by atoms with Crippen molar-refractivity contribution in [3.63, 3.8) is 0 Å². The van der Waals surface area contributed by atoms with Crippen molar-refractivity contribution in [2.75, 3.05) is 6.54 Å². The lowest BCUT2D eigenvalue weighted by atomic mass is 10.1. The van der Waals surface area contributed by atoms with E-state index in [1.54, 1.807) is 6.20 Å². The van der Waals surface area contributed by atoms with E-state index in [1.165, 1.54) is 0 Å². The fraction of sp³-hybridized carbons (Fsp3) is 0.227. The number of pyridine rings is 1. The minimum atomic E-state index is -0.114. The van der Waals surface area contributed by atoms with Crippen LogP contribution in [0, 0.1) is 13.8 Å². The Morgan fingerprint density at radius 1 is 1.18 bits per heavy atom. The minimum absolute atomic E-state index is 0.114. The summed E-state index contributed by atoms with van der Waals surface area (Å²) in [7, 11) is 0. The van der Waals surface area contributed by atoms with Crippen LogP contribution in [0.5, 0.6) is 0 Å². The molecule has 0 radical (unpaired) electrons. The van der Waals surface area contributed by atoms with E-state index < -0.39 is 0 Å². The van der Waals surface area contributed by atoms with Gasteiger partial charge in [-0.15, -0.1) is 0 Å². The molecule has 0 spiro atoms. The van der Waals surface area contributed by atoms with Crippen LogP contribution < -0.4 is 5.32 Å². The van der Waals surface area contributed by atoms with Crippen molar-refractivity contribution in [1.29, 1.82) is 0 Å². The van der Waals surface area contributed by atoms with E-state index in [2.05, 4.69) is 26.5 Å². The summed E-state index contributed by atoms with van der Waals surface area (Å²) in [5.41, 5.74) is 5.54. The number of hydrogen-bond donors (Lipinski definition) is 2. The Bertz CT molecular complexity index is 1090. The van der Waals surface area contributed by atoms with E-state index >= 15 is 0 Å². The molecule has 0 unspecified atom stereocenters. The molecule has 1 amide bonds. The van der Waals surface area contributed by atoms with Crippen molar-refractivity contribution >= 4 is 16.8 Å². The molecular weight excluding hydrogens is 352 g/mol. The van der Waals surface area contributed by atoms with Gasteiger partial charge in [0.05, 0.1) is 17.0 Å². The molecule has 4 rings (SSSR count). The molecule has 1 aromatic carbocycles. The fourth-order valence-corrected chi connectivity index (χ4v) is 3.40. The Balaban J connectivity index is 1.36. The highest BCUT2D eigenvalue weighted by Crippen LogP contribution is 2.26. The largest absolute Gasteiger partial charge is 0.361 e. The molecule has 0 fully saturated rings. The molecule has 0 atom stereocenters. The number of nitrogens with one attached hydrogen (secondary N) is 2. The van der Waals surface area contributed by atoms with Gasteiger partial charge in [-0.1, -0.05) is 23.4 Å². The summed E-state index contributed by atoms with van der Waals surface area (Å²) in [6, 6.07) is 11.8. The summed E-state index contributed by atoms with van der Waals surface area (Å²) < 4.78 is 5.16. The molecule has 6 heteroatoms. The first-order valence-corrected chi connectivity index (χ1v) is 9.36. The summed E-state index contributed by atoms with van der Waals surface area (Å²) in [6.45, 7) is 4.44. The predicted octanol–water partition coefficient (Wildman–Crippen LogP) is 4.20. The van der Waals surface area contributed by atoms with Crippen LogP contribution in [-0.4, -0.2) is 27.6 Å². The molecule has 0 aliphatic carbocycles. The third kappa shape index (κ3) is 3.53. The van der Waals surface area contributed by atoms with Crippen LogP contribution in [0.4, 0.5) is 0 Å². The Hall–Kier alpha value is -3.41. The van der Waals surface area contributed by atoms with Gasteiger partial charge in [-0.2, -0.15) is 0 Å². The number of H-pyrrole nitrogens is 1. The van der Waals surface area contributed by atoms with Crippen LogP contribution in [0.2, 0.25) is 0 Å². The second kappa shape index (κ2) is 7.68. The zero-order chi connectivity index (χ0) is 19.5. The monoisotopic (exact) mass is 374 g/mol. The van der Waals surface area contributed by atoms with Gasteiger partial charge < -0.3 is 14.8 Å². The number of amides is 1. The van der Waals surface area contributed by atoms with Crippen molar-refractivity contribution in [3.8, 4) is 11.3 Å². The highest BCUT2D eigenvalue weighted by Gasteiger charge is 2.11. The average Bonchev–Trinajstić information content (AvgIpc) is 3.29. The van der Waals surface area contributed by atoms with Gasteiger partial charge >= 0.3 is 0 Å². The lowest BCUT2D eigenvalue weighted by Gasteiger charge is -2.06. The van der Waals surface area contributed by atoms with Gasteiger partial charge in [-0.25, -0.2) is 0 Å². The molecule has 142 valence electrons. The Labute approximate surface area is 163 Å². The number of aromatic nitrogens is 3. The Morgan fingerprint density at radius 3 is 2.79 bits per heavy atom. The van der Waals surface area contributed by atoms with Crippen LogP contribution in [0.3, 0.4) is 0 Å². The smallest absolute Gasteiger partial charge is 0.252 e. The van der Waals surface area contributed by atoms with E-state index in [4.69, 9.17) is 4.52 Å². The molecule has 28 heavy (non-hydrogen) atoms. The van der Waals surface area contributed by atoms with E-state index in [9.17, 15) is 4.79 Å². The van der Waals surface area contributed by atoms with Gasteiger partial charge in [0.1, 0.15) is 5.76 Å². The quantitative estimate of drug-likeness (QED) is 0.496. The first kappa shape index (κ1) is 18.0. The molecule has 3 heterocycles. The summed E-state index contributed by atoms with van der Waals surface area (Å²) in [6.07, 6.45) is 5.23. The zero-order valence-electron chi connectivity index (χ0n) is 16.0. The summed E-state index contributed by atoms with van der Waals surface area (Å²) in [4.78, 5) is 20.1. The van der Waals surface area contributed by atoms with Crippen molar-refractivity contribution < 1.29 is 9.32 Å². The van der Waals surface area contributed by atoms with Crippen molar-refractivity contribution in [2.24, 2.45) is 0 Å². The molecule has 3 aromatic heterocycles. The maximum Gasteiger partial charge on any atom is 0.252 e. The molecule has 0 aliphatic heterocycles. The molecule has 0 bridgehead atoms. The second-order valence-corrected chi connectivity index (χ2v) is 6.84. The third-order valence-electron chi connectivity index (χ3n) is 4.96. The van der Waals surface area contributed by atoms with Crippen LogP contribution in [0.15, 0.2) is 53.3 Å². The number of aromatic amines is 1. The van der Waals surface area contributed by atoms with E-state index in [0.29, 0.717) is 12.1 Å². The molecule has 4 aromatic rings. The molecule has 6 nitrogen and oxygen atoms in total. The average molecular weight is 374 g/mol. The van der Waals surface area contributed by atoms with Gasteiger partial charge in [-0.3, -0.25) is 9.78 Å². The maximum atomic E-state index is 12.4. The number of aryl methyl sites for hydroxylation is 2. The number of fused-ring (bicyclic) bond motifs is 1. The number of nitrogens with zero attached hydrogens (tertiary/aromatic N) is 2. The summed E-state index contributed by atoms with van der Waals surface area (Å²) in [5, 5.41) is 8.02. The predicted molar refractivity (Wildman–Crippen MR) is 108 cm³/mol. The van der Waals surface area contributed by atoms with E-state index in [0.717, 1.165) is 52.0 Å². The molecule has 0 saturated carbocycles. The number of rotatable bonds is 6. The third-order valence-corrected chi connectivity index (χ3v) is 4.96.